The number of sulfonamides is 1. The third-order valence-electron chi connectivity index (χ3n) is 4.64. The quantitative estimate of drug-likeness (QED) is 0.650. The summed E-state index contributed by atoms with van der Waals surface area (Å²) < 4.78 is 40.7. The highest BCUT2D eigenvalue weighted by molar-refractivity contribution is 7.92. The Hall–Kier alpha value is -3.20. The van der Waals surface area contributed by atoms with Crippen molar-refractivity contribution in [3.8, 4) is 5.69 Å². The molecular weight excluding hydrogens is 407 g/mol. The molecule has 0 atom stereocenters. The third kappa shape index (κ3) is 3.93. The van der Waals surface area contributed by atoms with Crippen LogP contribution in [0.5, 0.6) is 0 Å². The number of fused-ring (bicyclic) bond motifs is 1. The van der Waals surface area contributed by atoms with Gasteiger partial charge < -0.3 is 5.32 Å². The molecule has 0 aliphatic carbocycles. The van der Waals surface area contributed by atoms with Crippen LogP contribution in [0, 0.1) is 5.82 Å². The van der Waals surface area contributed by atoms with Gasteiger partial charge in [0.05, 0.1) is 23.1 Å². The van der Waals surface area contributed by atoms with Crippen LogP contribution in [0.4, 0.5) is 10.1 Å². The number of hydrogen-bond donors (Lipinski definition) is 1. The minimum absolute atomic E-state index is 0.246. The van der Waals surface area contributed by atoms with Crippen LogP contribution in [-0.2, 0) is 10.0 Å². The molecule has 158 valence electrons. The van der Waals surface area contributed by atoms with Crippen LogP contribution in [0.25, 0.3) is 22.7 Å². The molecule has 0 bridgehead atoms. The number of amides is 1. The average molecular weight is 431 g/mol. The Labute approximate surface area is 174 Å². The Balaban J connectivity index is 2.38. The first-order valence-electron chi connectivity index (χ1n) is 9.36. The summed E-state index contributed by atoms with van der Waals surface area (Å²) in [5.41, 5.74) is 2.34. The largest absolute Gasteiger partial charge is 0.354 e. The second-order valence-electron chi connectivity index (χ2n) is 6.67. The number of benzene rings is 2. The summed E-state index contributed by atoms with van der Waals surface area (Å²) in [5, 5.41) is 7.69. The van der Waals surface area contributed by atoms with Gasteiger partial charge in [-0.2, -0.15) is 5.10 Å². The Morgan fingerprint density at radius 2 is 1.93 bits per heavy atom. The van der Waals surface area contributed by atoms with E-state index >= 15 is 0 Å². The fourth-order valence-electron chi connectivity index (χ4n) is 3.36. The first kappa shape index (κ1) is 21.5. The van der Waals surface area contributed by atoms with E-state index in [1.54, 1.807) is 31.2 Å². The summed E-state index contributed by atoms with van der Waals surface area (Å²) in [6.07, 6.45) is 4.73. The molecule has 0 aliphatic rings. The van der Waals surface area contributed by atoms with E-state index in [1.807, 2.05) is 6.92 Å². The maximum atomic E-state index is 13.4. The topological polar surface area (TPSA) is 84.3 Å². The molecule has 1 heterocycles. The van der Waals surface area contributed by atoms with Crippen molar-refractivity contribution in [3.05, 3.63) is 59.5 Å². The zero-order valence-corrected chi connectivity index (χ0v) is 18.0. The standard InChI is InChI=1S/C21H23FN4O3S/c1-5-7-14-12-17-18(13-19(14)25(6-2)30(4,28)29)24-26(20(17)21(27)23-3)16-10-8-15(22)9-11-16/h5,7-13H,6H2,1-4H3,(H,23,27). The van der Waals surface area contributed by atoms with E-state index < -0.39 is 15.8 Å². The van der Waals surface area contributed by atoms with Crippen LogP contribution in [0.3, 0.4) is 0 Å². The van der Waals surface area contributed by atoms with Crippen LogP contribution < -0.4 is 9.62 Å². The van der Waals surface area contributed by atoms with E-state index in [4.69, 9.17) is 0 Å². The Bertz CT molecular complexity index is 1230. The summed E-state index contributed by atoms with van der Waals surface area (Å²) >= 11 is 0. The Kier molecular flexibility index (Phi) is 5.93. The number of aromatic nitrogens is 2. The van der Waals surface area contributed by atoms with Crippen molar-refractivity contribution in [2.45, 2.75) is 13.8 Å². The van der Waals surface area contributed by atoms with E-state index in [0.29, 0.717) is 27.8 Å². The normalized spacial score (nSPS) is 11.9. The van der Waals surface area contributed by atoms with Crippen LogP contribution in [0.1, 0.15) is 29.9 Å². The number of anilines is 1. The molecule has 0 aliphatic heterocycles. The summed E-state index contributed by atoms with van der Waals surface area (Å²) in [6, 6.07) is 9.02. The SMILES string of the molecule is CC=Cc1cc2c(C(=O)NC)n(-c3ccc(F)cc3)nc2cc1N(CC)S(C)(=O)=O. The summed E-state index contributed by atoms with van der Waals surface area (Å²) in [5.74, 6) is -0.766. The predicted octanol–water partition coefficient (Wildman–Crippen LogP) is 3.34. The lowest BCUT2D eigenvalue weighted by Gasteiger charge is -2.22. The van der Waals surface area contributed by atoms with Gasteiger partial charge in [-0.05, 0) is 55.8 Å². The van der Waals surface area contributed by atoms with Crippen LogP contribution in [0.15, 0.2) is 42.5 Å². The number of carbonyl (C=O) groups is 1. The molecule has 0 unspecified atom stereocenters. The molecule has 0 saturated carbocycles. The molecule has 1 amide bonds. The number of halogens is 1. The number of carbonyl (C=O) groups excluding carboxylic acids is 1. The van der Waals surface area contributed by atoms with Gasteiger partial charge in [-0.25, -0.2) is 17.5 Å². The van der Waals surface area contributed by atoms with Crippen molar-refractivity contribution >= 4 is 38.6 Å². The van der Waals surface area contributed by atoms with Crippen LogP contribution in [0.2, 0.25) is 0 Å². The van der Waals surface area contributed by atoms with Crippen molar-refractivity contribution in [2.75, 3.05) is 24.2 Å². The fourth-order valence-corrected chi connectivity index (χ4v) is 4.34. The highest BCUT2D eigenvalue weighted by Crippen LogP contribution is 2.32. The van der Waals surface area contributed by atoms with E-state index in [9.17, 15) is 17.6 Å². The van der Waals surface area contributed by atoms with Crippen molar-refractivity contribution in [3.63, 3.8) is 0 Å². The van der Waals surface area contributed by atoms with E-state index in [0.717, 1.165) is 6.26 Å². The molecule has 3 rings (SSSR count). The predicted molar refractivity (Wildman–Crippen MR) is 117 cm³/mol. The number of rotatable bonds is 6. The number of hydrogen-bond acceptors (Lipinski definition) is 4. The van der Waals surface area contributed by atoms with Crippen molar-refractivity contribution in [2.24, 2.45) is 0 Å². The van der Waals surface area contributed by atoms with Crippen molar-refractivity contribution in [1.82, 2.24) is 15.1 Å². The van der Waals surface area contributed by atoms with Crippen molar-refractivity contribution in [1.29, 1.82) is 0 Å². The molecule has 0 fully saturated rings. The second-order valence-corrected chi connectivity index (χ2v) is 8.58. The first-order valence-corrected chi connectivity index (χ1v) is 11.2. The lowest BCUT2D eigenvalue weighted by atomic mass is 10.1. The molecular formula is C21H23FN4O3S. The second kappa shape index (κ2) is 8.27. The highest BCUT2D eigenvalue weighted by Gasteiger charge is 2.24. The molecule has 9 heteroatoms. The van der Waals surface area contributed by atoms with Gasteiger partial charge in [0.15, 0.2) is 0 Å². The minimum atomic E-state index is -3.51. The molecule has 7 nitrogen and oxygen atoms in total. The summed E-state index contributed by atoms with van der Waals surface area (Å²) in [7, 11) is -2.00. The van der Waals surface area contributed by atoms with Gasteiger partial charge in [0.2, 0.25) is 10.0 Å². The zero-order chi connectivity index (χ0) is 22.1. The molecule has 0 radical (unpaired) electrons. The number of nitrogens with zero attached hydrogens (tertiary/aromatic N) is 3. The van der Waals surface area contributed by atoms with Gasteiger partial charge in [0.1, 0.15) is 11.5 Å². The lowest BCUT2D eigenvalue weighted by molar-refractivity contribution is 0.0957. The number of allylic oxidation sites excluding steroid dienone is 1. The highest BCUT2D eigenvalue weighted by atomic mass is 32.2. The van der Waals surface area contributed by atoms with E-state index in [1.165, 1.54) is 40.3 Å². The summed E-state index contributed by atoms with van der Waals surface area (Å²) in [4.78, 5) is 12.7. The maximum absolute atomic E-state index is 13.4. The van der Waals surface area contributed by atoms with Gasteiger partial charge in [-0.1, -0.05) is 12.2 Å². The molecule has 0 spiro atoms. The van der Waals surface area contributed by atoms with Gasteiger partial charge in [-0.3, -0.25) is 9.10 Å². The van der Waals surface area contributed by atoms with Crippen molar-refractivity contribution < 1.29 is 17.6 Å². The monoisotopic (exact) mass is 430 g/mol. The smallest absolute Gasteiger partial charge is 0.270 e. The first-order chi connectivity index (χ1) is 14.2. The molecule has 0 saturated heterocycles. The number of nitrogens with one attached hydrogen (secondary N) is 1. The minimum Gasteiger partial charge on any atom is -0.354 e. The molecule has 2 aromatic carbocycles. The molecule has 30 heavy (non-hydrogen) atoms. The Morgan fingerprint density at radius 1 is 1.27 bits per heavy atom. The Morgan fingerprint density at radius 3 is 2.47 bits per heavy atom. The fraction of sp³-hybridized carbons (Fsp3) is 0.238. The molecule has 3 aromatic rings. The van der Waals surface area contributed by atoms with Crippen LogP contribution in [-0.4, -0.2) is 44.0 Å². The maximum Gasteiger partial charge on any atom is 0.270 e. The zero-order valence-electron chi connectivity index (χ0n) is 17.2. The summed E-state index contributed by atoms with van der Waals surface area (Å²) in [6.45, 7) is 3.82. The lowest BCUT2D eigenvalue weighted by Crippen LogP contribution is -2.30. The average Bonchev–Trinajstić information content (AvgIpc) is 3.06. The van der Waals surface area contributed by atoms with E-state index in [2.05, 4.69) is 10.4 Å². The van der Waals surface area contributed by atoms with Gasteiger partial charge in [0.25, 0.3) is 5.91 Å². The van der Waals surface area contributed by atoms with Gasteiger partial charge in [-0.15, -0.1) is 0 Å². The third-order valence-corrected chi connectivity index (χ3v) is 5.89. The molecule has 1 aromatic heterocycles. The van der Waals surface area contributed by atoms with Crippen LogP contribution >= 0.6 is 0 Å². The molecule has 1 N–H and O–H groups in total. The van der Waals surface area contributed by atoms with Gasteiger partial charge in [0, 0.05) is 19.0 Å². The van der Waals surface area contributed by atoms with E-state index in [-0.39, 0.29) is 18.1 Å². The van der Waals surface area contributed by atoms with Gasteiger partial charge >= 0.3 is 0 Å².